The van der Waals surface area contributed by atoms with Crippen molar-refractivity contribution in [2.24, 2.45) is 11.3 Å². The number of carboxylic acid groups (broad SMARTS) is 1. The fourth-order valence-electron chi connectivity index (χ4n) is 3.49. The Morgan fingerprint density at radius 3 is 2.83 bits per heavy atom. The normalized spacial score (nSPS) is 26.9. The van der Waals surface area contributed by atoms with Crippen LogP contribution < -0.4 is 5.56 Å². The lowest BCUT2D eigenvalue weighted by atomic mass is 9.76. The van der Waals surface area contributed by atoms with Crippen LogP contribution in [0.15, 0.2) is 4.79 Å². The largest absolute Gasteiger partial charge is 0.481 e. The third-order valence-electron chi connectivity index (χ3n) is 5.06. The highest BCUT2D eigenvalue weighted by molar-refractivity contribution is 5.96. The molecule has 1 aromatic heterocycles. The van der Waals surface area contributed by atoms with Gasteiger partial charge in [-0.3, -0.25) is 14.4 Å². The molecule has 2 saturated heterocycles. The maximum atomic E-state index is 12.8. The van der Waals surface area contributed by atoms with Crippen molar-refractivity contribution in [2.75, 3.05) is 26.3 Å². The van der Waals surface area contributed by atoms with Crippen molar-refractivity contribution in [3.8, 4) is 0 Å². The summed E-state index contributed by atoms with van der Waals surface area (Å²) in [4.78, 5) is 38.0. The summed E-state index contributed by atoms with van der Waals surface area (Å²) in [6.45, 7) is 4.36. The summed E-state index contributed by atoms with van der Waals surface area (Å²) < 4.78 is 5.35. The van der Waals surface area contributed by atoms with Crippen LogP contribution in [0.4, 0.5) is 0 Å². The molecule has 0 aromatic carbocycles. The van der Waals surface area contributed by atoms with Crippen LogP contribution in [-0.2, 0) is 9.53 Å². The van der Waals surface area contributed by atoms with E-state index in [-0.39, 0.29) is 24.6 Å². The molecular formula is C15H19N3O5. The van der Waals surface area contributed by atoms with Crippen molar-refractivity contribution in [2.45, 2.75) is 20.3 Å². The van der Waals surface area contributed by atoms with Gasteiger partial charge in [0.15, 0.2) is 0 Å². The molecule has 2 atom stereocenters. The maximum absolute atomic E-state index is 12.8. The van der Waals surface area contributed by atoms with Crippen LogP contribution in [0.5, 0.6) is 0 Å². The molecule has 2 aliphatic rings. The van der Waals surface area contributed by atoms with Crippen LogP contribution in [0.3, 0.4) is 0 Å². The van der Waals surface area contributed by atoms with Gasteiger partial charge in [-0.05, 0) is 31.7 Å². The number of H-pyrrole nitrogens is 1. The molecule has 124 valence electrons. The van der Waals surface area contributed by atoms with Crippen molar-refractivity contribution < 1.29 is 19.4 Å². The number of aromatic nitrogens is 2. The van der Waals surface area contributed by atoms with Crippen LogP contribution >= 0.6 is 0 Å². The number of aromatic amines is 1. The Balaban J connectivity index is 1.95. The number of carboxylic acids is 1. The second-order valence-electron chi connectivity index (χ2n) is 6.32. The average Bonchev–Trinajstić information content (AvgIpc) is 2.92. The van der Waals surface area contributed by atoms with Crippen molar-refractivity contribution in [1.29, 1.82) is 0 Å². The fraction of sp³-hybridized carbons (Fsp3) is 0.600. The van der Waals surface area contributed by atoms with Gasteiger partial charge in [0.1, 0.15) is 11.0 Å². The Morgan fingerprint density at radius 1 is 1.43 bits per heavy atom. The van der Waals surface area contributed by atoms with Gasteiger partial charge < -0.3 is 14.7 Å². The van der Waals surface area contributed by atoms with Crippen molar-refractivity contribution in [1.82, 2.24) is 15.1 Å². The lowest BCUT2D eigenvalue weighted by Gasteiger charge is -2.33. The Bertz CT molecular complexity index is 728. The zero-order valence-electron chi connectivity index (χ0n) is 13.1. The SMILES string of the molecule is Cc1n[nH]c(=O)c(C(=O)N2C[C@@H]3CCOC[C@]3(C(=O)O)C2)c1C. The van der Waals surface area contributed by atoms with E-state index in [2.05, 4.69) is 10.2 Å². The first-order valence-electron chi connectivity index (χ1n) is 7.53. The number of nitrogens with zero attached hydrogens (tertiary/aromatic N) is 2. The molecule has 2 N–H and O–H groups in total. The van der Waals surface area contributed by atoms with Crippen molar-refractivity contribution in [3.63, 3.8) is 0 Å². The van der Waals surface area contributed by atoms with Gasteiger partial charge in [0.2, 0.25) is 0 Å². The third-order valence-corrected chi connectivity index (χ3v) is 5.06. The summed E-state index contributed by atoms with van der Waals surface area (Å²) in [5.74, 6) is -1.54. The molecule has 0 bridgehead atoms. The minimum absolute atomic E-state index is 0.0394. The third kappa shape index (κ3) is 2.33. The predicted molar refractivity (Wildman–Crippen MR) is 79.2 cm³/mol. The molecule has 0 spiro atoms. The smallest absolute Gasteiger partial charge is 0.314 e. The van der Waals surface area contributed by atoms with Crippen molar-refractivity contribution in [3.05, 3.63) is 27.2 Å². The number of carbonyl (C=O) groups excluding carboxylic acids is 1. The first-order valence-corrected chi connectivity index (χ1v) is 7.53. The van der Waals surface area contributed by atoms with Crippen LogP contribution in [-0.4, -0.2) is 58.4 Å². The monoisotopic (exact) mass is 321 g/mol. The maximum Gasteiger partial charge on any atom is 0.314 e. The first kappa shape index (κ1) is 15.7. The molecule has 0 aliphatic carbocycles. The van der Waals surface area contributed by atoms with Gasteiger partial charge in [-0.25, -0.2) is 5.10 Å². The van der Waals surface area contributed by atoms with Crippen LogP contribution in [0.2, 0.25) is 0 Å². The van der Waals surface area contributed by atoms with E-state index in [1.54, 1.807) is 13.8 Å². The highest BCUT2D eigenvalue weighted by atomic mass is 16.5. The summed E-state index contributed by atoms with van der Waals surface area (Å²) in [5, 5.41) is 15.8. The van der Waals surface area contributed by atoms with E-state index >= 15 is 0 Å². The fourth-order valence-corrected chi connectivity index (χ4v) is 3.49. The van der Waals surface area contributed by atoms with Gasteiger partial charge in [0.05, 0.1) is 12.3 Å². The van der Waals surface area contributed by atoms with Crippen LogP contribution in [0.25, 0.3) is 0 Å². The standard InChI is InChI=1S/C15H19N3O5/c1-8-9(2)16-17-12(19)11(8)13(20)18-5-10-3-4-23-7-15(10,6-18)14(21)22/h10H,3-7H2,1-2H3,(H,17,19)(H,21,22)/t10-,15+/m0/s1. The molecule has 8 nitrogen and oxygen atoms in total. The van der Waals surface area contributed by atoms with Crippen LogP contribution in [0.1, 0.15) is 28.0 Å². The molecule has 23 heavy (non-hydrogen) atoms. The van der Waals surface area contributed by atoms with E-state index < -0.39 is 22.9 Å². The average molecular weight is 321 g/mol. The molecular weight excluding hydrogens is 302 g/mol. The van der Waals surface area contributed by atoms with Gasteiger partial charge in [-0.15, -0.1) is 0 Å². The number of amides is 1. The van der Waals surface area contributed by atoms with E-state index in [0.717, 1.165) is 0 Å². The number of hydrogen-bond acceptors (Lipinski definition) is 5. The molecule has 0 unspecified atom stereocenters. The van der Waals surface area contributed by atoms with E-state index in [4.69, 9.17) is 4.74 Å². The quantitative estimate of drug-likeness (QED) is 0.790. The number of likely N-dealkylation sites (tertiary alicyclic amines) is 1. The molecule has 2 fully saturated rings. The number of ether oxygens (including phenoxy) is 1. The molecule has 0 saturated carbocycles. The number of rotatable bonds is 2. The van der Waals surface area contributed by atoms with E-state index in [0.29, 0.717) is 30.8 Å². The highest BCUT2D eigenvalue weighted by Gasteiger charge is 2.55. The Kier molecular flexibility index (Phi) is 3.71. The summed E-state index contributed by atoms with van der Waals surface area (Å²) >= 11 is 0. The molecule has 0 radical (unpaired) electrons. The van der Waals surface area contributed by atoms with E-state index in [1.807, 2.05) is 0 Å². The van der Waals surface area contributed by atoms with Crippen molar-refractivity contribution >= 4 is 11.9 Å². The number of aliphatic carboxylic acids is 1. The molecule has 1 amide bonds. The predicted octanol–water partition coefficient (Wildman–Crippen LogP) is -0.0500. The minimum Gasteiger partial charge on any atom is -0.481 e. The van der Waals surface area contributed by atoms with Gasteiger partial charge in [-0.2, -0.15) is 5.10 Å². The molecule has 2 aliphatic heterocycles. The second kappa shape index (κ2) is 5.45. The van der Waals surface area contributed by atoms with E-state index in [9.17, 15) is 19.5 Å². The molecule has 3 heterocycles. The zero-order valence-corrected chi connectivity index (χ0v) is 13.1. The van der Waals surface area contributed by atoms with Gasteiger partial charge >= 0.3 is 5.97 Å². The summed E-state index contributed by atoms with van der Waals surface area (Å²) in [5.41, 5.74) is -0.488. The number of hydrogen-bond donors (Lipinski definition) is 2. The summed E-state index contributed by atoms with van der Waals surface area (Å²) in [7, 11) is 0. The number of fused-ring (bicyclic) bond motifs is 1. The topological polar surface area (TPSA) is 113 Å². The Hall–Kier alpha value is -2.22. The first-order chi connectivity index (χ1) is 10.9. The lowest BCUT2D eigenvalue weighted by molar-refractivity contribution is -0.159. The number of aryl methyl sites for hydroxylation is 1. The Morgan fingerprint density at radius 2 is 2.17 bits per heavy atom. The molecule has 3 rings (SSSR count). The second-order valence-corrected chi connectivity index (χ2v) is 6.32. The van der Waals surface area contributed by atoms with Gasteiger partial charge in [0.25, 0.3) is 11.5 Å². The minimum atomic E-state index is -1.07. The van der Waals surface area contributed by atoms with Gasteiger partial charge in [-0.1, -0.05) is 0 Å². The molecule has 1 aromatic rings. The molecule has 8 heteroatoms. The van der Waals surface area contributed by atoms with Gasteiger partial charge in [0, 0.05) is 19.7 Å². The summed E-state index contributed by atoms with van der Waals surface area (Å²) in [6, 6.07) is 0. The number of nitrogens with one attached hydrogen (secondary N) is 1. The lowest BCUT2D eigenvalue weighted by Crippen LogP contribution is -2.46. The van der Waals surface area contributed by atoms with E-state index in [1.165, 1.54) is 4.90 Å². The summed E-state index contributed by atoms with van der Waals surface area (Å²) in [6.07, 6.45) is 0.598. The highest BCUT2D eigenvalue weighted by Crippen LogP contribution is 2.42. The number of carbonyl (C=O) groups is 2. The van der Waals surface area contributed by atoms with Crippen LogP contribution in [0, 0.1) is 25.2 Å². The Labute approximate surface area is 132 Å². The zero-order chi connectivity index (χ0) is 16.8.